The van der Waals surface area contributed by atoms with E-state index in [1.165, 1.54) is 0 Å². The van der Waals surface area contributed by atoms with Crippen LogP contribution in [0.25, 0.3) is 0 Å². The van der Waals surface area contributed by atoms with Crippen LogP contribution in [0.2, 0.25) is 0 Å². The Labute approximate surface area is 86.4 Å². The molecule has 0 aromatic carbocycles. The Balaban J connectivity index is 3.85. The third-order valence-corrected chi connectivity index (χ3v) is 2.25. The number of ether oxygens (including phenoxy) is 1. The molecule has 0 radical (unpaired) electrons. The smallest absolute Gasteiger partial charge is 0.239 e. The molecule has 4 nitrogen and oxygen atoms in total. The molecule has 0 spiro atoms. The molecule has 1 atom stereocenters. The second-order valence-electron chi connectivity index (χ2n) is 4.15. The lowest BCUT2D eigenvalue weighted by Gasteiger charge is -2.23. The predicted molar refractivity (Wildman–Crippen MR) is 57.2 cm³/mol. The summed E-state index contributed by atoms with van der Waals surface area (Å²) >= 11 is 0. The van der Waals surface area contributed by atoms with Crippen molar-refractivity contribution < 1.29 is 9.53 Å². The Morgan fingerprint density at radius 3 is 2.50 bits per heavy atom. The summed E-state index contributed by atoms with van der Waals surface area (Å²) in [6.07, 6.45) is 0. The highest BCUT2D eigenvalue weighted by Crippen LogP contribution is 2.01. The molecular weight excluding hydrogens is 180 g/mol. The fourth-order valence-corrected chi connectivity index (χ4v) is 0.945. The highest BCUT2D eigenvalue weighted by atomic mass is 16.5. The second kappa shape index (κ2) is 5.98. The van der Waals surface area contributed by atoms with Crippen LogP contribution in [-0.2, 0) is 9.53 Å². The number of rotatable bonds is 6. The summed E-state index contributed by atoms with van der Waals surface area (Å²) in [6, 6.07) is 0. The van der Waals surface area contributed by atoms with Crippen molar-refractivity contribution in [3.05, 3.63) is 0 Å². The first-order valence-corrected chi connectivity index (χ1v) is 4.90. The first-order chi connectivity index (χ1) is 6.44. The first kappa shape index (κ1) is 13.4. The fraction of sp³-hybridized carbons (Fsp3) is 0.900. The van der Waals surface area contributed by atoms with Gasteiger partial charge >= 0.3 is 0 Å². The van der Waals surface area contributed by atoms with Crippen molar-refractivity contribution in [2.75, 3.05) is 27.3 Å². The van der Waals surface area contributed by atoms with Gasteiger partial charge in [0.1, 0.15) is 0 Å². The van der Waals surface area contributed by atoms with Crippen LogP contribution in [0.1, 0.15) is 20.8 Å². The molecule has 0 saturated carbocycles. The van der Waals surface area contributed by atoms with Gasteiger partial charge in [-0.25, -0.2) is 0 Å². The van der Waals surface area contributed by atoms with E-state index in [9.17, 15) is 4.79 Å². The van der Waals surface area contributed by atoms with Crippen LogP contribution in [0, 0.1) is 5.92 Å². The molecular formula is C10H22N2O2. The Morgan fingerprint density at radius 2 is 2.07 bits per heavy atom. The molecule has 1 unspecified atom stereocenters. The molecule has 2 N–H and O–H groups in total. The van der Waals surface area contributed by atoms with Crippen LogP contribution >= 0.6 is 0 Å². The second-order valence-corrected chi connectivity index (χ2v) is 4.15. The van der Waals surface area contributed by atoms with Crippen molar-refractivity contribution in [3.8, 4) is 0 Å². The van der Waals surface area contributed by atoms with E-state index in [1.54, 1.807) is 14.2 Å². The number of amides is 1. The van der Waals surface area contributed by atoms with E-state index in [0.717, 1.165) is 0 Å². The van der Waals surface area contributed by atoms with Crippen LogP contribution in [0.15, 0.2) is 0 Å². The molecule has 0 aliphatic rings. The van der Waals surface area contributed by atoms with E-state index in [4.69, 9.17) is 4.74 Å². The Hall–Kier alpha value is -0.610. The predicted octanol–water partition coefficient (Wildman–Crippen LogP) is 0.383. The van der Waals surface area contributed by atoms with Crippen LogP contribution in [0.4, 0.5) is 0 Å². The van der Waals surface area contributed by atoms with E-state index in [2.05, 4.69) is 10.6 Å². The molecule has 0 bridgehead atoms. The lowest BCUT2D eigenvalue weighted by Crippen LogP contribution is -2.52. The first-order valence-electron chi connectivity index (χ1n) is 4.90. The van der Waals surface area contributed by atoms with E-state index in [0.29, 0.717) is 19.1 Å². The number of carbonyl (C=O) groups is 1. The Bertz CT molecular complexity index is 181. The molecule has 0 aromatic rings. The molecule has 0 rings (SSSR count). The molecule has 14 heavy (non-hydrogen) atoms. The van der Waals surface area contributed by atoms with Crippen molar-refractivity contribution in [1.29, 1.82) is 0 Å². The van der Waals surface area contributed by atoms with Gasteiger partial charge in [-0.05, 0) is 26.8 Å². The minimum absolute atomic E-state index is 0.0166. The summed E-state index contributed by atoms with van der Waals surface area (Å²) < 4.78 is 4.98. The molecule has 1 amide bonds. The van der Waals surface area contributed by atoms with Crippen molar-refractivity contribution in [2.45, 2.75) is 26.3 Å². The Kier molecular flexibility index (Phi) is 5.72. The van der Waals surface area contributed by atoms with Gasteiger partial charge in [0.2, 0.25) is 5.91 Å². The molecule has 0 aliphatic heterocycles. The third-order valence-electron chi connectivity index (χ3n) is 2.25. The normalized spacial score (nSPS) is 13.8. The summed E-state index contributed by atoms with van der Waals surface area (Å²) in [5.74, 6) is 0.361. The lowest BCUT2D eigenvalue weighted by atomic mass is 10.0. The number of nitrogens with one attached hydrogen (secondary N) is 2. The van der Waals surface area contributed by atoms with Crippen LogP contribution in [0.5, 0.6) is 0 Å². The van der Waals surface area contributed by atoms with Crippen LogP contribution < -0.4 is 10.6 Å². The average molecular weight is 202 g/mol. The maximum absolute atomic E-state index is 11.6. The zero-order valence-electron chi connectivity index (χ0n) is 9.81. The minimum Gasteiger partial charge on any atom is -0.384 e. The molecule has 4 heteroatoms. The largest absolute Gasteiger partial charge is 0.384 e. The average Bonchev–Trinajstić information content (AvgIpc) is 2.14. The minimum atomic E-state index is -0.507. The van der Waals surface area contributed by atoms with Crippen LogP contribution in [-0.4, -0.2) is 38.8 Å². The number of hydrogen-bond donors (Lipinski definition) is 2. The van der Waals surface area contributed by atoms with E-state index in [1.807, 2.05) is 20.8 Å². The summed E-state index contributed by atoms with van der Waals surface area (Å²) in [7, 11) is 3.44. The number of methoxy groups -OCH3 is 1. The lowest BCUT2D eigenvalue weighted by molar-refractivity contribution is -0.126. The quantitative estimate of drug-likeness (QED) is 0.655. The molecule has 0 saturated heterocycles. The third kappa shape index (κ3) is 4.58. The maximum Gasteiger partial charge on any atom is 0.239 e. The van der Waals surface area contributed by atoms with Crippen molar-refractivity contribution in [1.82, 2.24) is 10.6 Å². The highest BCUT2D eigenvalue weighted by molar-refractivity contribution is 5.85. The van der Waals surface area contributed by atoms with E-state index in [-0.39, 0.29) is 5.91 Å². The van der Waals surface area contributed by atoms with Crippen molar-refractivity contribution in [3.63, 3.8) is 0 Å². The summed E-state index contributed by atoms with van der Waals surface area (Å²) in [5.41, 5.74) is -0.507. The fourth-order valence-electron chi connectivity index (χ4n) is 0.945. The van der Waals surface area contributed by atoms with Gasteiger partial charge in [0.05, 0.1) is 12.1 Å². The summed E-state index contributed by atoms with van der Waals surface area (Å²) in [4.78, 5) is 11.6. The van der Waals surface area contributed by atoms with Gasteiger partial charge in [-0.1, -0.05) is 6.92 Å². The molecule has 84 valence electrons. The number of carbonyl (C=O) groups excluding carboxylic acids is 1. The van der Waals surface area contributed by atoms with Gasteiger partial charge < -0.3 is 15.4 Å². The monoisotopic (exact) mass is 202 g/mol. The Morgan fingerprint density at radius 1 is 1.50 bits per heavy atom. The van der Waals surface area contributed by atoms with Gasteiger partial charge in [0.15, 0.2) is 0 Å². The number of likely N-dealkylation sites (N-methyl/N-ethyl adjacent to an activating group) is 1. The molecule has 0 aliphatic carbocycles. The number of hydrogen-bond acceptors (Lipinski definition) is 3. The molecule has 0 aromatic heterocycles. The standard InChI is InChI=1S/C10H22N2O2/c1-8(7-14-5)6-12-9(13)10(2,3)11-4/h8,11H,6-7H2,1-5H3,(H,12,13). The van der Waals surface area contributed by atoms with Gasteiger partial charge in [0.25, 0.3) is 0 Å². The van der Waals surface area contributed by atoms with Gasteiger partial charge in [-0.2, -0.15) is 0 Å². The molecule has 0 heterocycles. The maximum atomic E-state index is 11.6. The van der Waals surface area contributed by atoms with E-state index < -0.39 is 5.54 Å². The molecule has 0 fully saturated rings. The van der Waals surface area contributed by atoms with Gasteiger partial charge in [-0.3, -0.25) is 4.79 Å². The van der Waals surface area contributed by atoms with Crippen molar-refractivity contribution >= 4 is 5.91 Å². The van der Waals surface area contributed by atoms with Crippen molar-refractivity contribution in [2.24, 2.45) is 5.92 Å². The highest BCUT2D eigenvalue weighted by Gasteiger charge is 2.24. The van der Waals surface area contributed by atoms with E-state index >= 15 is 0 Å². The topological polar surface area (TPSA) is 50.4 Å². The summed E-state index contributed by atoms with van der Waals surface area (Å²) in [5, 5.41) is 5.83. The SMILES string of the molecule is CNC(C)(C)C(=O)NCC(C)COC. The van der Waals surface area contributed by atoms with Gasteiger partial charge in [0, 0.05) is 13.7 Å². The van der Waals surface area contributed by atoms with Crippen LogP contribution in [0.3, 0.4) is 0 Å². The zero-order valence-corrected chi connectivity index (χ0v) is 9.81. The zero-order chi connectivity index (χ0) is 11.2. The van der Waals surface area contributed by atoms with Gasteiger partial charge in [-0.15, -0.1) is 0 Å². The summed E-state index contributed by atoms with van der Waals surface area (Å²) in [6.45, 7) is 7.06.